The summed E-state index contributed by atoms with van der Waals surface area (Å²) in [6.07, 6.45) is 8.93. The highest BCUT2D eigenvalue weighted by molar-refractivity contribution is 5.74. The normalized spacial score (nSPS) is 53.7. The summed E-state index contributed by atoms with van der Waals surface area (Å²) in [5.41, 5.74) is 0.120. The molecule has 6 atom stereocenters. The van der Waals surface area contributed by atoms with E-state index in [2.05, 4.69) is 6.58 Å². The number of hydrogen-bond donors (Lipinski definition) is 2. The van der Waals surface area contributed by atoms with Crippen molar-refractivity contribution < 1.29 is 15.0 Å². The van der Waals surface area contributed by atoms with E-state index in [1.54, 1.807) is 0 Å². The van der Waals surface area contributed by atoms with Crippen LogP contribution in [0.15, 0.2) is 12.2 Å². The number of hydrogen-bond acceptors (Lipinski definition) is 2. The monoisotopic (exact) mass is 304 g/mol. The van der Waals surface area contributed by atoms with Crippen LogP contribution in [0, 0.1) is 28.6 Å². The molecule has 0 heterocycles. The van der Waals surface area contributed by atoms with Crippen LogP contribution in [0.3, 0.4) is 0 Å². The van der Waals surface area contributed by atoms with E-state index in [9.17, 15) is 15.0 Å². The molecular formula is C19H28O3. The Morgan fingerprint density at radius 3 is 2.64 bits per heavy atom. The Labute approximate surface area is 132 Å². The molecule has 4 saturated carbocycles. The van der Waals surface area contributed by atoms with Crippen LogP contribution in [-0.2, 0) is 4.79 Å². The van der Waals surface area contributed by atoms with Gasteiger partial charge < -0.3 is 10.2 Å². The molecule has 0 radical (unpaired) electrons. The molecule has 4 rings (SSSR count). The van der Waals surface area contributed by atoms with E-state index in [4.69, 9.17) is 0 Å². The van der Waals surface area contributed by atoms with Gasteiger partial charge in [-0.15, -0.1) is 0 Å². The van der Waals surface area contributed by atoms with E-state index in [1.165, 1.54) is 6.42 Å². The molecule has 2 N–H and O–H groups in total. The van der Waals surface area contributed by atoms with Crippen molar-refractivity contribution in [3.63, 3.8) is 0 Å². The zero-order chi connectivity index (χ0) is 15.8. The topological polar surface area (TPSA) is 57.5 Å². The predicted octanol–water partition coefficient (Wildman–Crippen LogP) is 3.76. The summed E-state index contributed by atoms with van der Waals surface area (Å²) in [5.74, 6) is 0.875. The lowest BCUT2D eigenvalue weighted by atomic mass is 9.47. The molecular weight excluding hydrogens is 276 g/mol. The highest BCUT2D eigenvalue weighted by Crippen LogP contribution is 2.68. The Morgan fingerprint density at radius 2 is 1.91 bits per heavy atom. The fourth-order valence-electron chi connectivity index (χ4n) is 6.90. The van der Waals surface area contributed by atoms with Crippen LogP contribution < -0.4 is 0 Å². The number of carboxylic acid groups (broad SMARTS) is 1. The molecule has 2 bridgehead atoms. The molecule has 0 aromatic heterocycles. The summed E-state index contributed by atoms with van der Waals surface area (Å²) in [6.45, 7) is 6.15. The molecule has 0 aromatic rings. The molecule has 0 aromatic carbocycles. The van der Waals surface area contributed by atoms with E-state index >= 15 is 0 Å². The van der Waals surface area contributed by atoms with Crippen LogP contribution in [0.4, 0.5) is 0 Å². The number of aliphatic hydroxyl groups is 1. The van der Waals surface area contributed by atoms with E-state index in [1.807, 2.05) is 6.92 Å². The van der Waals surface area contributed by atoms with Crippen molar-refractivity contribution in [1.82, 2.24) is 0 Å². The molecule has 122 valence electrons. The average Bonchev–Trinajstić information content (AvgIpc) is 2.64. The Kier molecular flexibility index (Phi) is 2.93. The van der Waals surface area contributed by atoms with Gasteiger partial charge in [0.25, 0.3) is 0 Å². The molecule has 0 amide bonds. The van der Waals surface area contributed by atoms with E-state index < -0.39 is 17.0 Å². The summed E-state index contributed by atoms with van der Waals surface area (Å²) in [5, 5.41) is 20.6. The molecule has 1 spiro atoms. The Morgan fingerprint density at radius 1 is 1.18 bits per heavy atom. The zero-order valence-corrected chi connectivity index (χ0v) is 13.6. The Balaban J connectivity index is 1.69. The molecule has 0 aliphatic heterocycles. The van der Waals surface area contributed by atoms with Gasteiger partial charge in [-0.3, -0.25) is 4.79 Å². The quantitative estimate of drug-likeness (QED) is 0.725. The van der Waals surface area contributed by atoms with E-state index in [0.717, 1.165) is 56.9 Å². The lowest BCUT2D eigenvalue weighted by Gasteiger charge is -2.58. The SMILES string of the molecule is C=C1C[C@@]23CCC4C(CCC[C@@]4(C)C(=O)O)[C@@H]2CC[C@]1(O)C3. The number of fused-ring (bicyclic) bond motifs is 3. The average molecular weight is 304 g/mol. The first-order valence-electron chi connectivity index (χ1n) is 8.95. The van der Waals surface area contributed by atoms with Gasteiger partial charge in [-0.2, -0.15) is 0 Å². The first-order valence-corrected chi connectivity index (χ1v) is 8.95. The molecule has 3 nitrogen and oxygen atoms in total. The molecule has 2 unspecified atom stereocenters. The first kappa shape index (κ1) is 14.7. The maximum absolute atomic E-state index is 11.9. The maximum Gasteiger partial charge on any atom is 0.309 e. The van der Waals surface area contributed by atoms with Crippen molar-refractivity contribution in [3.05, 3.63) is 12.2 Å². The highest BCUT2D eigenvalue weighted by Gasteiger charge is 2.63. The van der Waals surface area contributed by atoms with Gasteiger partial charge >= 0.3 is 5.97 Å². The molecule has 3 heteroatoms. The van der Waals surface area contributed by atoms with Gasteiger partial charge in [0, 0.05) is 0 Å². The van der Waals surface area contributed by atoms with Crippen LogP contribution in [0.5, 0.6) is 0 Å². The summed E-state index contributed by atoms with van der Waals surface area (Å²) in [7, 11) is 0. The van der Waals surface area contributed by atoms with Crippen LogP contribution >= 0.6 is 0 Å². The minimum Gasteiger partial charge on any atom is -0.481 e. The maximum atomic E-state index is 11.9. The minimum absolute atomic E-state index is 0.224. The zero-order valence-electron chi connectivity index (χ0n) is 13.6. The van der Waals surface area contributed by atoms with Gasteiger partial charge in [-0.05, 0) is 87.0 Å². The molecule has 22 heavy (non-hydrogen) atoms. The summed E-state index contributed by atoms with van der Waals surface area (Å²) in [6, 6.07) is 0. The lowest BCUT2D eigenvalue weighted by Crippen LogP contribution is -2.53. The standard InChI is InChI=1S/C19H28O3/c1-12-10-18-8-5-14-13(4-3-7-17(14,2)16(20)21)15(18)6-9-19(12,22)11-18/h13-15,22H,1,3-11H2,2H3,(H,20,21)/t13?,14?,15-,17+,18+,19-/m0/s1. The largest absolute Gasteiger partial charge is 0.481 e. The third-order valence-electron chi connectivity index (χ3n) is 8.05. The van der Waals surface area contributed by atoms with Crippen molar-refractivity contribution in [2.24, 2.45) is 28.6 Å². The van der Waals surface area contributed by atoms with Crippen molar-refractivity contribution in [1.29, 1.82) is 0 Å². The summed E-state index contributed by atoms with van der Waals surface area (Å²) >= 11 is 0. The van der Waals surface area contributed by atoms with Gasteiger partial charge in [0.2, 0.25) is 0 Å². The lowest BCUT2D eigenvalue weighted by molar-refractivity contribution is -0.166. The Hall–Kier alpha value is -0.830. The van der Waals surface area contributed by atoms with Crippen molar-refractivity contribution in [2.75, 3.05) is 0 Å². The molecule has 4 aliphatic carbocycles. The Bertz CT molecular complexity index is 541. The van der Waals surface area contributed by atoms with Crippen molar-refractivity contribution in [3.8, 4) is 0 Å². The third-order valence-corrected chi connectivity index (χ3v) is 8.05. The van der Waals surface area contributed by atoms with Gasteiger partial charge in [-0.1, -0.05) is 13.0 Å². The molecule has 0 saturated heterocycles. The van der Waals surface area contributed by atoms with Crippen molar-refractivity contribution >= 4 is 5.97 Å². The van der Waals surface area contributed by atoms with Crippen molar-refractivity contribution in [2.45, 2.75) is 70.3 Å². The second-order valence-corrected chi connectivity index (χ2v) is 8.92. The van der Waals surface area contributed by atoms with Gasteiger partial charge in [0.05, 0.1) is 11.0 Å². The second-order valence-electron chi connectivity index (χ2n) is 8.92. The van der Waals surface area contributed by atoms with Gasteiger partial charge in [-0.25, -0.2) is 0 Å². The highest BCUT2D eigenvalue weighted by atomic mass is 16.4. The molecule has 4 aliphatic rings. The van der Waals surface area contributed by atoms with Gasteiger partial charge in [0.15, 0.2) is 0 Å². The smallest absolute Gasteiger partial charge is 0.309 e. The van der Waals surface area contributed by atoms with Gasteiger partial charge in [0.1, 0.15) is 0 Å². The summed E-state index contributed by atoms with van der Waals surface area (Å²) < 4.78 is 0. The number of rotatable bonds is 1. The van der Waals surface area contributed by atoms with Crippen LogP contribution in [0.25, 0.3) is 0 Å². The predicted molar refractivity (Wildman–Crippen MR) is 84.3 cm³/mol. The first-order chi connectivity index (χ1) is 10.3. The van der Waals surface area contributed by atoms with Crippen LogP contribution in [-0.4, -0.2) is 21.8 Å². The minimum atomic E-state index is -0.617. The van der Waals surface area contributed by atoms with E-state index in [-0.39, 0.29) is 5.41 Å². The molecule has 4 fully saturated rings. The number of carboxylic acids is 1. The second kappa shape index (κ2) is 4.37. The van der Waals surface area contributed by atoms with Crippen LogP contribution in [0.2, 0.25) is 0 Å². The van der Waals surface area contributed by atoms with Crippen LogP contribution in [0.1, 0.15) is 64.7 Å². The summed E-state index contributed by atoms with van der Waals surface area (Å²) in [4.78, 5) is 11.9. The fourth-order valence-corrected chi connectivity index (χ4v) is 6.90. The third kappa shape index (κ3) is 1.69. The number of aliphatic carboxylic acids is 1. The van der Waals surface area contributed by atoms with E-state index in [0.29, 0.717) is 17.8 Å². The number of carbonyl (C=O) groups is 1. The fraction of sp³-hybridized carbons (Fsp3) is 0.842.